The topological polar surface area (TPSA) is 126 Å². The molecule has 2 aromatic heterocycles. The first-order valence-corrected chi connectivity index (χ1v) is 13.8. The van der Waals surface area contributed by atoms with Crippen LogP contribution < -0.4 is 24.6 Å². The number of aliphatic carboxylic acids is 1. The summed E-state index contributed by atoms with van der Waals surface area (Å²) in [4.78, 5) is 33.5. The Labute approximate surface area is 233 Å². The molecule has 0 amide bonds. The number of hydrogen-bond acceptors (Lipinski definition) is 10. The molecular formula is C29H35N7O4. The summed E-state index contributed by atoms with van der Waals surface area (Å²) in [5.41, 5.74) is 0. The molecule has 2 aliphatic rings. The average molecular weight is 546 g/mol. The maximum Gasteiger partial charge on any atom is 0.327 e. The third-order valence-electron chi connectivity index (χ3n) is 6.94. The Morgan fingerprint density at radius 3 is 2.67 bits per heavy atom. The van der Waals surface area contributed by atoms with Crippen LogP contribution in [0.15, 0.2) is 61.1 Å². The fourth-order valence-corrected chi connectivity index (χ4v) is 5.11. The summed E-state index contributed by atoms with van der Waals surface area (Å²) < 4.78 is 12.1. The molecule has 1 aromatic carbocycles. The Morgan fingerprint density at radius 2 is 1.85 bits per heavy atom. The molecule has 0 bridgehead atoms. The molecule has 0 spiro atoms. The van der Waals surface area contributed by atoms with E-state index in [1.807, 2.05) is 37.3 Å². The number of carbonyl (C=O) groups is 1. The molecule has 210 valence electrons. The smallest absolute Gasteiger partial charge is 0.327 e. The summed E-state index contributed by atoms with van der Waals surface area (Å²) in [5.74, 6) is 3.30. The first-order chi connectivity index (χ1) is 19.6. The van der Waals surface area contributed by atoms with Gasteiger partial charge in [-0.25, -0.2) is 14.8 Å². The number of nitrogens with zero attached hydrogens (tertiary/aromatic N) is 6. The fourth-order valence-electron chi connectivity index (χ4n) is 5.11. The lowest BCUT2D eigenvalue weighted by molar-refractivity contribution is -0.131. The molecule has 2 aliphatic heterocycles. The van der Waals surface area contributed by atoms with E-state index in [-0.39, 0.29) is 12.0 Å². The van der Waals surface area contributed by atoms with Crippen LogP contribution in [0.4, 0.5) is 23.4 Å². The molecule has 0 radical (unpaired) electrons. The SMILES string of the molecule is CCOc1ccccc1O[C@@H]1CCCN(c2cncc(Nc3nccc(N4CCC[C@@H](/C=C/C(=O)O)C4)n3)n2)C1. The van der Waals surface area contributed by atoms with Crippen LogP contribution in [0, 0.1) is 5.92 Å². The maximum absolute atomic E-state index is 10.9. The first-order valence-electron chi connectivity index (χ1n) is 13.8. The molecule has 5 rings (SSSR count). The molecule has 0 aliphatic carbocycles. The number of nitrogens with one attached hydrogen (secondary N) is 1. The first kappa shape index (κ1) is 27.2. The Morgan fingerprint density at radius 1 is 1.05 bits per heavy atom. The van der Waals surface area contributed by atoms with Crippen molar-refractivity contribution in [2.24, 2.45) is 5.92 Å². The van der Waals surface area contributed by atoms with E-state index in [1.54, 1.807) is 24.7 Å². The number of carboxylic acid groups (broad SMARTS) is 1. The Hall–Kier alpha value is -4.41. The number of carboxylic acids is 1. The van der Waals surface area contributed by atoms with Gasteiger partial charge in [-0.2, -0.15) is 4.98 Å². The fraction of sp³-hybridized carbons (Fsp3) is 0.414. The zero-order valence-corrected chi connectivity index (χ0v) is 22.6. The quantitative estimate of drug-likeness (QED) is 0.354. The van der Waals surface area contributed by atoms with Gasteiger partial charge in [0.1, 0.15) is 17.7 Å². The number of benzene rings is 1. The minimum Gasteiger partial charge on any atom is -0.490 e. The summed E-state index contributed by atoms with van der Waals surface area (Å²) in [7, 11) is 0. The number of anilines is 4. The van der Waals surface area contributed by atoms with Gasteiger partial charge in [0.2, 0.25) is 5.95 Å². The van der Waals surface area contributed by atoms with Gasteiger partial charge >= 0.3 is 5.97 Å². The van der Waals surface area contributed by atoms with Gasteiger partial charge in [-0.15, -0.1) is 0 Å². The van der Waals surface area contributed by atoms with Crippen LogP contribution in [0.5, 0.6) is 11.5 Å². The van der Waals surface area contributed by atoms with Crippen LogP contribution >= 0.6 is 0 Å². The lowest BCUT2D eigenvalue weighted by Crippen LogP contribution is -2.41. The second-order valence-corrected chi connectivity index (χ2v) is 9.88. The lowest BCUT2D eigenvalue weighted by Gasteiger charge is -2.33. The van der Waals surface area contributed by atoms with Crippen LogP contribution in [0.1, 0.15) is 32.6 Å². The van der Waals surface area contributed by atoms with Gasteiger partial charge in [0.05, 0.1) is 25.5 Å². The number of rotatable bonds is 10. The van der Waals surface area contributed by atoms with Gasteiger partial charge in [0.15, 0.2) is 17.3 Å². The van der Waals surface area contributed by atoms with Crippen molar-refractivity contribution in [2.75, 3.05) is 47.9 Å². The Kier molecular flexibility index (Phi) is 8.89. The van der Waals surface area contributed by atoms with Crippen molar-refractivity contribution in [3.05, 3.63) is 61.1 Å². The van der Waals surface area contributed by atoms with Crippen molar-refractivity contribution < 1.29 is 19.4 Å². The molecular weight excluding hydrogens is 510 g/mol. The van der Waals surface area contributed by atoms with Crippen LogP contribution in [0.25, 0.3) is 0 Å². The third-order valence-corrected chi connectivity index (χ3v) is 6.94. The van der Waals surface area contributed by atoms with E-state index in [0.717, 1.165) is 61.9 Å². The molecule has 11 nitrogen and oxygen atoms in total. The van der Waals surface area contributed by atoms with Crippen molar-refractivity contribution in [3.8, 4) is 11.5 Å². The van der Waals surface area contributed by atoms with E-state index in [4.69, 9.17) is 24.5 Å². The predicted molar refractivity (Wildman–Crippen MR) is 153 cm³/mol. The highest BCUT2D eigenvalue weighted by Gasteiger charge is 2.24. The van der Waals surface area contributed by atoms with Crippen LogP contribution in [0.2, 0.25) is 0 Å². The summed E-state index contributed by atoms with van der Waals surface area (Å²) in [5, 5.41) is 12.2. The molecule has 2 N–H and O–H groups in total. The summed E-state index contributed by atoms with van der Waals surface area (Å²) >= 11 is 0. The minimum absolute atomic E-state index is 0.00694. The zero-order valence-electron chi connectivity index (χ0n) is 22.6. The standard InChI is InChI=1S/C29H35N7O4/c1-2-39-23-9-3-4-10-24(23)40-22-8-6-16-36(20-22)27-18-30-17-25(32-27)33-29-31-14-13-26(34-29)35-15-5-7-21(19-35)11-12-28(37)38/h3-4,9-14,17-18,21-22H,2,5-8,15-16,19-20H2,1H3,(H,37,38)(H,31,32,33,34)/b12-11+/t21-,22+/m0/s1. The summed E-state index contributed by atoms with van der Waals surface area (Å²) in [6.45, 7) is 5.67. The summed E-state index contributed by atoms with van der Waals surface area (Å²) in [6.07, 6.45) is 12.0. The molecule has 2 atom stereocenters. The molecule has 0 unspecified atom stereocenters. The number of piperidine rings is 2. The molecule has 40 heavy (non-hydrogen) atoms. The highest BCUT2D eigenvalue weighted by atomic mass is 16.5. The van der Waals surface area contributed by atoms with Crippen LogP contribution in [-0.2, 0) is 4.79 Å². The highest BCUT2D eigenvalue weighted by Crippen LogP contribution is 2.30. The van der Waals surface area contributed by atoms with Gasteiger partial charge in [0, 0.05) is 31.9 Å². The van der Waals surface area contributed by atoms with Gasteiger partial charge in [-0.3, -0.25) is 4.98 Å². The third kappa shape index (κ3) is 7.16. The highest BCUT2D eigenvalue weighted by molar-refractivity contribution is 5.79. The van der Waals surface area contributed by atoms with E-state index >= 15 is 0 Å². The van der Waals surface area contributed by atoms with E-state index < -0.39 is 5.97 Å². The second kappa shape index (κ2) is 13.1. The Bertz CT molecular complexity index is 1320. The van der Waals surface area contributed by atoms with Gasteiger partial charge in [-0.1, -0.05) is 18.2 Å². The maximum atomic E-state index is 10.9. The number of para-hydroxylation sites is 2. The molecule has 2 saturated heterocycles. The second-order valence-electron chi connectivity index (χ2n) is 9.88. The molecule has 0 saturated carbocycles. The number of hydrogen-bond donors (Lipinski definition) is 2. The monoisotopic (exact) mass is 545 g/mol. The Balaban J connectivity index is 1.23. The van der Waals surface area contributed by atoms with Crippen molar-refractivity contribution in [1.29, 1.82) is 0 Å². The van der Waals surface area contributed by atoms with Crippen LogP contribution in [-0.4, -0.2) is 69.9 Å². The summed E-state index contributed by atoms with van der Waals surface area (Å²) in [6, 6.07) is 9.64. The number of aromatic nitrogens is 4. The van der Waals surface area contributed by atoms with Gasteiger partial charge in [-0.05, 0) is 56.7 Å². The number of ether oxygens (including phenoxy) is 2. The van der Waals surface area contributed by atoms with Gasteiger partial charge < -0.3 is 29.7 Å². The van der Waals surface area contributed by atoms with E-state index in [9.17, 15) is 4.79 Å². The molecule has 3 aromatic rings. The predicted octanol–water partition coefficient (Wildman–Crippen LogP) is 4.31. The van der Waals surface area contributed by atoms with E-state index in [0.29, 0.717) is 31.5 Å². The molecule has 11 heteroatoms. The van der Waals surface area contributed by atoms with Crippen molar-refractivity contribution >= 4 is 29.4 Å². The van der Waals surface area contributed by atoms with Crippen molar-refractivity contribution in [3.63, 3.8) is 0 Å². The van der Waals surface area contributed by atoms with E-state index in [2.05, 4.69) is 25.1 Å². The lowest BCUT2D eigenvalue weighted by atomic mass is 9.97. The molecule has 4 heterocycles. The van der Waals surface area contributed by atoms with Crippen molar-refractivity contribution in [2.45, 2.75) is 38.7 Å². The zero-order chi connectivity index (χ0) is 27.7. The van der Waals surface area contributed by atoms with Crippen molar-refractivity contribution in [1.82, 2.24) is 19.9 Å². The van der Waals surface area contributed by atoms with E-state index in [1.165, 1.54) is 6.08 Å². The normalized spacial score (nSPS) is 19.4. The van der Waals surface area contributed by atoms with Crippen LogP contribution in [0.3, 0.4) is 0 Å². The molecule has 2 fully saturated rings. The minimum atomic E-state index is -0.923. The largest absolute Gasteiger partial charge is 0.490 e. The average Bonchev–Trinajstić information content (AvgIpc) is 2.98. The van der Waals surface area contributed by atoms with Gasteiger partial charge in [0.25, 0.3) is 0 Å².